The lowest BCUT2D eigenvalue weighted by molar-refractivity contribution is 0.0950. The minimum atomic E-state index is -0.407. The molecule has 0 saturated heterocycles. The molecule has 0 radical (unpaired) electrons. The van der Waals surface area contributed by atoms with E-state index in [0.29, 0.717) is 31.0 Å². The molecule has 0 spiro atoms. The number of carbonyl (C=O) groups excluding carboxylic acids is 2. The van der Waals surface area contributed by atoms with Crippen LogP contribution in [0.2, 0.25) is 0 Å². The molecule has 2 heterocycles. The van der Waals surface area contributed by atoms with Crippen LogP contribution in [0.15, 0.2) is 97.1 Å². The summed E-state index contributed by atoms with van der Waals surface area (Å²) in [6.45, 7) is 1.58. The number of hydrogen-bond acceptors (Lipinski definition) is 7. The Hall–Kier alpha value is -4.53. The van der Waals surface area contributed by atoms with Gasteiger partial charge >= 0.3 is 0 Å². The van der Waals surface area contributed by atoms with E-state index in [1.54, 1.807) is 36.4 Å². The van der Waals surface area contributed by atoms with Crippen LogP contribution < -0.4 is 30.0 Å². The third kappa shape index (κ3) is 7.98. The van der Waals surface area contributed by atoms with Crippen molar-refractivity contribution in [3.63, 3.8) is 0 Å². The van der Waals surface area contributed by atoms with Crippen LogP contribution in [0.4, 0.5) is 0 Å². The zero-order valence-electron chi connectivity index (χ0n) is 21.0. The zero-order valence-corrected chi connectivity index (χ0v) is 21.7. The van der Waals surface area contributed by atoms with Crippen molar-refractivity contribution in [2.75, 3.05) is 13.6 Å². The van der Waals surface area contributed by atoms with Gasteiger partial charge in [-0.3, -0.25) is 9.59 Å². The molecule has 0 unspecified atom stereocenters. The Morgan fingerprint density at radius 3 is 1.67 bits per heavy atom. The summed E-state index contributed by atoms with van der Waals surface area (Å²) in [5, 5.41) is 2.46. The number of amides is 1. The van der Waals surface area contributed by atoms with Gasteiger partial charge in [-0.25, -0.2) is 0 Å². The number of nitrogens with one attached hydrogen (secondary N) is 1. The van der Waals surface area contributed by atoms with Gasteiger partial charge in [0.2, 0.25) is 13.6 Å². The van der Waals surface area contributed by atoms with Crippen LogP contribution in [0.3, 0.4) is 0 Å². The molecule has 0 aromatic heterocycles. The molecule has 0 atom stereocenters. The third-order valence-corrected chi connectivity index (χ3v) is 5.82. The summed E-state index contributed by atoms with van der Waals surface area (Å²) in [6.07, 6.45) is 0. The molecular weight excluding hydrogens is 520 g/mol. The standard InChI is InChI=1S/C15H13NO3.C8H9NO2.C7H5ClO/c17-15(12-4-2-1-3-5-12)16-9-11-6-7-13-14(8-11)19-10-18-13;9-4-6-1-2-7-8(3-6)11-5-10-7;8-7(9)6-4-2-1-3-5-6/h1-8H,9-10H2,(H,16,17);1-3H,4-5,9H2;1-5H. The van der Waals surface area contributed by atoms with Crippen LogP contribution in [0.5, 0.6) is 23.0 Å². The van der Waals surface area contributed by atoms with E-state index in [9.17, 15) is 9.59 Å². The lowest BCUT2D eigenvalue weighted by atomic mass is 10.2. The average molecular weight is 547 g/mol. The fourth-order valence-corrected chi connectivity index (χ4v) is 3.69. The minimum absolute atomic E-state index is 0.0849. The summed E-state index contributed by atoms with van der Waals surface area (Å²) >= 11 is 5.16. The Morgan fingerprint density at radius 1 is 0.667 bits per heavy atom. The summed E-state index contributed by atoms with van der Waals surface area (Å²) in [5.41, 5.74) is 8.69. The van der Waals surface area contributed by atoms with Crippen LogP contribution in [0, 0.1) is 0 Å². The predicted octanol–water partition coefficient (Wildman–Crippen LogP) is 5.28. The molecule has 9 heteroatoms. The molecule has 6 rings (SSSR count). The SMILES string of the molecule is NCc1ccc2c(c1)OCO2.O=C(Cl)c1ccccc1.O=C(NCc1ccc2c(c1)OCO2)c1ccccc1. The molecule has 4 aromatic rings. The largest absolute Gasteiger partial charge is 0.454 e. The van der Waals surface area contributed by atoms with Crippen molar-refractivity contribution >= 4 is 22.8 Å². The summed E-state index contributed by atoms with van der Waals surface area (Å²) in [5.74, 6) is 3.00. The highest BCUT2D eigenvalue weighted by Crippen LogP contribution is 2.33. The second-order valence-electron chi connectivity index (χ2n) is 8.27. The van der Waals surface area contributed by atoms with Crippen molar-refractivity contribution < 1.29 is 28.5 Å². The maximum absolute atomic E-state index is 11.9. The van der Waals surface area contributed by atoms with Gasteiger partial charge in [-0.2, -0.15) is 0 Å². The smallest absolute Gasteiger partial charge is 0.252 e. The number of ether oxygens (including phenoxy) is 4. The Balaban J connectivity index is 0.000000149. The van der Waals surface area contributed by atoms with E-state index >= 15 is 0 Å². The van der Waals surface area contributed by atoms with Crippen molar-refractivity contribution in [3.8, 4) is 23.0 Å². The second kappa shape index (κ2) is 13.9. The Kier molecular flexibility index (Phi) is 9.77. The first-order valence-electron chi connectivity index (χ1n) is 12.1. The molecule has 0 bridgehead atoms. The lowest BCUT2D eigenvalue weighted by Gasteiger charge is -2.06. The normalized spacial score (nSPS) is 11.8. The summed E-state index contributed by atoms with van der Waals surface area (Å²) in [7, 11) is 0. The van der Waals surface area contributed by atoms with Gasteiger partial charge in [0.25, 0.3) is 11.1 Å². The van der Waals surface area contributed by atoms with Crippen molar-refractivity contribution in [1.82, 2.24) is 5.32 Å². The number of halogens is 1. The fourth-order valence-electron chi connectivity index (χ4n) is 3.56. The first kappa shape index (κ1) is 27.5. The van der Waals surface area contributed by atoms with Crippen LogP contribution in [0.25, 0.3) is 0 Å². The van der Waals surface area contributed by atoms with Crippen molar-refractivity contribution in [2.24, 2.45) is 5.73 Å². The van der Waals surface area contributed by atoms with Crippen LogP contribution in [0.1, 0.15) is 31.8 Å². The van der Waals surface area contributed by atoms with Gasteiger partial charge in [0.05, 0.1) is 0 Å². The summed E-state index contributed by atoms with van der Waals surface area (Å²) in [4.78, 5) is 22.3. The highest BCUT2D eigenvalue weighted by Gasteiger charge is 2.14. The molecular formula is C30H27ClN2O6. The fraction of sp³-hybridized carbons (Fsp3) is 0.133. The average Bonchev–Trinajstić information content (AvgIpc) is 3.66. The number of hydrogen-bond donors (Lipinski definition) is 2. The maximum atomic E-state index is 11.9. The van der Waals surface area contributed by atoms with Gasteiger partial charge in [-0.15, -0.1) is 0 Å². The number of carbonyl (C=O) groups is 2. The van der Waals surface area contributed by atoms with E-state index < -0.39 is 5.24 Å². The molecule has 4 aromatic carbocycles. The van der Waals surface area contributed by atoms with Gasteiger partial charge < -0.3 is 30.0 Å². The highest BCUT2D eigenvalue weighted by atomic mass is 35.5. The minimum Gasteiger partial charge on any atom is -0.454 e. The summed E-state index contributed by atoms with van der Waals surface area (Å²) < 4.78 is 20.8. The maximum Gasteiger partial charge on any atom is 0.252 e. The van der Waals surface area contributed by atoms with Gasteiger partial charge in [0, 0.05) is 24.2 Å². The van der Waals surface area contributed by atoms with E-state index in [1.165, 1.54) is 0 Å². The van der Waals surface area contributed by atoms with E-state index in [1.807, 2.05) is 60.7 Å². The second-order valence-corrected chi connectivity index (χ2v) is 8.61. The molecule has 3 N–H and O–H groups in total. The predicted molar refractivity (Wildman–Crippen MR) is 147 cm³/mol. The molecule has 8 nitrogen and oxygen atoms in total. The van der Waals surface area contributed by atoms with E-state index in [4.69, 9.17) is 36.3 Å². The van der Waals surface area contributed by atoms with Gasteiger partial charge in [0.1, 0.15) is 0 Å². The molecule has 0 fully saturated rings. The van der Waals surface area contributed by atoms with Crippen LogP contribution in [-0.2, 0) is 13.1 Å². The van der Waals surface area contributed by atoms with E-state index in [-0.39, 0.29) is 12.7 Å². The Bertz CT molecular complexity index is 1400. The van der Waals surface area contributed by atoms with Crippen LogP contribution >= 0.6 is 11.6 Å². The quantitative estimate of drug-likeness (QED) is 0.327. The molecule has 2 aliphatic heterocycles. The van der Waals surface area contributed by atoms with E-state index in [0.717, 1.165) is 34.1 Å². The molecule has 0 saturated carbocycles. The van der Waals surface area contributed by atoms with Crippen LogP contribution in [-0.4, -0.2) is 24.7 Å². The van der Waals surface area contributed by atoms with Gasteiger partial charge in [-0.05, 0) is 59.1 Å². The molecule has 1 amide bonds. The highest BCUT2D eigenvalue weighted by molar-refractivity contribution is 6.67. The topological polar surface area (TPSA) is 109 Å². The van der Waals surface area contributed by atoms with Crippen molar-refractivity contribution in [1.29, 1.82) is 0 Å². The van der Waals surface area contributed by atoms with Crippen molar-refractivity contribution in [3.05, 3.63) is 119 Å². The van der Waals surface area contributed by atoms with Gasteiger partial charge in [-0.1, -0.05) is 60.7 Å². The molecule has 200 valence electrons. The third-order valence-electron chi connectivity index (χ3n) is 5.60. The molecule has 39 heavy (non-hydrogen) atoms. The Morgan fingerprint density at radius 2 is 1.15 bits per heavy atom. The number of nitrogens with two attached hydrogens (primary N) is 1. The molecule has 2 aliphatic rings. The zero-order chi connectivity index (χ0) is 27.5. The van der Waals surface area contributed by atoms with E-state index in [2.05, 4.69) is 5.32 Å². The monoisotopic (exact) mass is 546 g/mol. The van der Waals surface area contributed by atoms with Gasteiger partial charge in [0.15, 0.2) is 23.0 Å². The molecule has 0 aliphatic carbocycles. The van der Waals surface area contributed by atoms with Crippen molar-refractivity contribution in [2.45, 2.75) is 13.1 Å². The number of fused-ring (bicyclic) bond motifs is 2. The number of rotatable bonds is 5. The lowest BCUT2D eigenvalue weighted by Crippen LogP contribution is -2.22. The first-order chi connectivity index (χ1) is 19.0. The Labute approximate surface area is 231 Å². The number of benzene rings is 4. The first-order valence-corrected chi connectivity index (χ1v) is 12.5. The summed E-state index contributed by atoms with van der Waals surface area (Å²) in [6, 6.07) is 29.3.